The van der Waals surface area contributed by atoms with Gasteiger partial charge < -0.3 is 10.8 Å². The molecule has 8 nitrogen and oxygen atoms in total. The van der Waals surface area contributed by atoms with E-state index in [2.05, 4.69) is 31.6 Å². The van der Waals surface area contributed by atoms with Crippen LogP contribution in [0.4, 0.5) is 5.82 Å². The Morgan fingerprint density at radius 3 is 2.82 bits per heavy atom. The van der Waals surface area contributed by atoms with Crippen LogP contribution in [-0.2, 0) is 13.0 Å². The average Bonchev–Trinajstić information content (AvgIpc) is 3.31. The van der Waals surface area contributed by atoms with Crippen LogP contribution in [0.15, 0.2) is 54.9 Å². The largest absolute Gasteiger partial charge is 0.508 e. The van der Waals surface area contributed by atoms with Crippen molar-refractivity contribution in [3.63, 3.8) is 0 Å². The van der Waals surface area contributed by atoms with Crippen molar-refractivity contribution in [2.45, 2.75) is 13.0 Å². The van der Waals surface area contributed by atoms with Gasteiger partial charge in [0.25, 0.3) is 0 Å². The summed E-state index contributed by atoms with van der Waals surface area (Å²) in [6, 6.07) is 13.4. The first-order valence-corrected chi connectivity index (χ1v) is 8.83. The van der Waals surface area contributed by atoms with Crippen molar-refractivity contribution in [1.29, 1.82) is 0 Å². The number of nitrogens with zero attached hydrogens (tertiary/aromatic N) is 5. The Morgan fingerprint density at radius 1 is 1.04 bits per heavy atom. The van der Waals surface area contributed by atoms with E-state index in [0.717, 1.165) is 33.0 Å². The molecule has 5 rings (SSSR count). The second kappa shape index (κ2) is 6.34. The lowest BCUT2D eigenvalue weighted by Gasteiger charge is -2.05. The molecule has 0 fully saturated rings. The minimum absolute atomic E-state index is 0.273. The second-order valence-electron chi connectivity index (χ2n) is 6.80. The molecule has 0 aliphatic rings. The number of nitrogen functional groups attached to an aromatic ring is 1. The number of H-pyrrole nitrogens is 1. The molecule has 0 atom stereocenters. The fraction of sp³-hybridized carbons (Fsp3) is 0.100. The number of rotatable bonds is 4. The number of nitrogens with one attached hydrogen (secondary N) is 1. The Balaban J connectivity index is 1.39. The number of pyridine rings is 1. The molecule has 0 bridgehead atoms. The molecule has 0 unspecified atom stereocenters. The van der Waals surface area contributed by atoms with Crippen molar-refractivity contribution in [2.75, 3.05) is 5.73 Å². The fourth-order valence-corrected chi connectivity index (χ4v) is 3.43. The van der Waals surface area contributed by atoms with E-state index < -0.39 is 0 Å². The third-order valence-electron chi connectivity index (χ3n) is 4.71. The third-order valence-corrected chi connectivity index (χ3v) is 4.71. The van der Waals surface area contributed by atoms with Gasteiger partial charge in [-0.3, -0.25) is 4.68 Å². The number of aromatic hydroxyl groups is 1. The highest BCUT2D eigenvalue weighted by Gasteiger charge is 2.10. The van der Waals surface area contributed by atoms with Crippen LogP contribution in [0.5, 0.6) is 5.75 Å². The van der Waals surface area contributed by atoms with Gasteiger partial charge in [-0.25, -0.2) is 10.1 Å². The van der Waals surface area contributed by atoms with Gasteiger partial charge in [-0.15, -0.1) is 5.10 Å². The summed E-state index contributed by atoms with van der Waals surface area (Å²) in [7, 11) is 0. The maximum atomic E-state index is 9.59. The van der Waals surface area contributed by atoms with Gasteiger partial charge in [0.05, 0.1) is 12.7 Å². The Labute approximate surface area is 159 Å². The number of anilines is 1. The van der Waals surface area contributed by atoms with Crippen LogP contribution in [-0.4, -0.2) is 35.3 Å². The maximum Gasteiger partial charge on any atom is 0.178 e. The summed E-state index contributed by atoms with van der Waals surface area (Å²) in [6.07, 6.45) is 4.51. The van der Waals surface area contributed by atoms with Crippen molar-refractivity contribution < 1.29 is 5.11 Å². The molecular formula is C20H17N7O. The van der Waals surface area contributed by atoms with Crippen LogP contribution in [0.2, 0.25) is 0 Å². The summed E-state index contributed by atoms with van der Waals surface area (Å²) >= 11 is 0. The molecule has 8 heteroatoms. The third kappa shape index (κ3) is 3.01. The van der Waals surface area contributed by atoms with E-state index in [9.17, 15) is 5.11 Å². The zero-order valence-corrected chi connectivity index (χ0v) is 14.9. The molecule has 28 heavy (non-hydrogen) atoms. The Hall–Kier alpha value is -3.94. The number of aromatic nitrogens is 6. The number of benzene rings is 2. The molecule has 0 spiro atoms. The van der Waals surface area contributed by atoms with E-state index in [1.165, 1.54) is 0 Å². The molecule has 0 amide bonds. The fourth-order valence-electron chi connectivity index (χ4n) is 3.43. The van der Waals surface area contributed by atoms with Crippen molar-refractivity contribution in [3.8, 4) is 5.75 Å². The van der Waals surface area contributed by atoms with Crippen molar-refractivity contribution in [1.82, 2.24) is 30.2 Å². The minimum Gasteiger partial charge on any atom is -0.508 e. The molecule has 0 saturated carbocycles. The molecule has 3 heterocycles. The van der Waals surface area contributed by atoms with Crippen LogP contribution < -0.4 is 5.73 Å². The summed E-state index contributed by atoms with van der Waals surface area (Å²) < 4.78 is 1.90. The van der Waals surface area contributed by atoms with Gasteiger partial charge in [-0.1, -0.05) is 23.4 Å². The van der Waals surface area contributed by atoms with Gasteiger partial charge in [0.2, 0.25) is 0 Å². The highest BCUT2D eigenvalue weighted by molar-refractivity contribution is 5.84. The number of nitrogens with two attached hydrogens (primary N) is 1. The van der Waals surface area contributed by atoms with E-state index in [0.29, 0.717) is 24.4 Å². The number of fused-ring (bicyclic) bond motifs is 2. The molecule has 0 radical (unpaired) electrons. The molecule has 3 aromatic heterocycles. The molecule has 0 saturated heterocycles. The summed E-state index contributed by atoms with van der Waals surface area (Å²) in [6.45, 7) is 0.661. The lowest BCUT2D eigenvalue weighted by Crippen LogP contribution is -2.00. The monoisotopic (exact) mass is 371 g/mol. The summed E-state index contributed by atoms with van der Waals surface area (Å²) in [5.41, 5.74) is 10.3. The van der Waals surface area contributed by atoms with Crippen LogP contribution in [0.3, 0.4) is 0 Å². The van der Waals surface area contributed by atoms with E-state index in [4.69, 9.17) is 5.73 Å². The van der Waals surface area contributed by atoms with Crippen LogP contribution >= 0.6 is 0 Å². The molecule has 0 aliphatic carbocycles. The lowest BCUT2D eigenvalue weighted by atomic mass is 10.1. The van der Waals surface area contributed by atoms with E-state index in [1.807, 2.05) is 41.3 Å². The molecule has 2 aromatic carbocycles. The predicted molar refractivity (Wildman–Crippen MR) is 106 cm³/mol. The standard InChI is InChI=1S/C20H17N7O/c21-18-8-16(19-20(23-18)25-26-24-19)6-13-9-22-27(11-13)10-12-1-2-15-7-17(28)4-3-14(15)5-12/h1-5,7-9,11,28H,6,10H2,(H3,21,23,24,25,26). The summed E-state index contributed by atoms with van der Waals surface area (Å²) in [4.78, 5) is 4.19. The molecule has 4 N–H and O–H groups in total. The highest BCUT2D eigenvalue weighted by Crippen LogP contribution is 2.22. The molecule has 0 aliphatic heterocycles. The predicted octanol–water partition coefficient (Wildman–Crippen LogP) is 2.63. The first-order valence-electron chi connectivity index (χ1n) is 8.83. The number of phenolic OH excluding ortho intramolecular Hbond substituents is 1. The Bertz CT molecular complexity index is 1300. The van der Waals surface area contributed by atoms with E-state index in [-0.39, 0.29) is 5.75 Å². The maximum absolute atomic E-state index is 9.59. The van der Waals surface area contributed by atoms with Gasteiger partial charge in [0.1, 0.15) is 17.1 Å². The SMILES string of the molecule is Nc1cc(Cc2cnn(Cc3ccc4cc(O)ccc4c3)c2)c2nn[nH]c2n1. The Morgan fingerprint density at radius 2 is 1.89 bits per heavy atom. The quantitative estimate of drug-likeness (QED) is 0.447. The lowest BCUT2D eigenvalue weighted by molar-refractivity contribution is 0.476. The topological polar surface area (TPSA) is 119 Å². The molecule has 138 valence electrons. The van der Waals surface area contributed by atoms with Crippen molar-refractivity contribution >= 4 is 27.8 Å². The van der Waals surface area contributed by atoms with Crippen LogP contribution in [0.25, 0.3) is 21.9 Å². The number of aromatic amines is 1. The average molecular weight is 371 g/mol. The second-order valence-corrected chi connectivity index (χ2v) is 6.80. The van der Waals surface area contributed by atoms with Gasteiger partial charge in [-0.2, -0.15) is 5.10 Å². The first kappa shape index (κ1) is 16.2. The zero-order valence-electron chi connectivity index (χ0n) is 14.9. The normalized spacial score (nSPS) is 11.4. The van der Waals surface area contributed by atoms with Gasteiger partial charge in [0, 0.05) is 12.6 Å². The van der Waals surface area contributed by atoms with Crippen LogP contribution in [0, 0.1) is 0 Å². The number of hydrogen-bond acceptors (Lipinski definition) is 6. The van der Waals surface area contributed by atoms with Crippen LogP contribution in [0.1, 0.15) is 16.7 Å². The first-order chi connectivity index (χ1) is 13.6. The van der Waals surface area contributed by atoms with Gasteiger partial charge in [0.15, 0.2) is 5.65 Å². The summed E-state index contributed by atoms with van der Waals surface area (Å²) in [5, 5.41) is 26.8. The number of phenols is 1. The van der Waals surface area contributed by atoms with E-state index in [1.54, 1.807) is 12.1 Å². The summed E-state index contributed by atoms with van der Waals surface area (Å²) in [5.74, 6) is 0.707. The Kier molecular flexibility index (Phi) is 3.68. The van der Waals surface area contributed by atoms with Crippen molar-refractivity contribution in [2.24, 2.45) is 0 Å². The smallest absolute Gasteiger partial charge is 0.178 e. The van der Waals surface area contributed by atoms with Gasteiger partial charge >= 0.3 is 0 Å². The molecule has 5 aromatic rings. The van der Waals surface area contributed by atoms with E-state index >= 15 is 0 Å². The van der Waals surface area contributed by atoms with Gasteiger partial charge in [-0.05, 0) is 51.7 Å². The number of hydrogen-bond donors (Lipinski definition) is 3. The minimum atomic E-state index is 0.273. The highest BCUT2D eigenvalue weighted by atomic mass is 16.3. The zero-order chi connectivity index (χ0) is 19.1. The molecular weight excluding hydrogens is 354 g/mol. The van der Waals surface area contributed by atoms with Crippen molar-refractivity contribution in [3.05, 3.63) is 71.5 Å².